The summed E-state index contributed by atoms with van der Waals surface area (Å²) in [7, 11) is 3.34. The first-order valence-corrected chi connectivity index (χ1v) is 10.5. The molecule has 162 valence electrons. The Hall–Kier alpha value is -2.57. The maximum absolute atomic E-state index is 13.1. The smallest absolute Gasteiger partial charge is 0.226 e. The van der Waals surface area contributed by atoms with Crippen LogP contribution in [0.3, 0.4) is 0 Å². The number of hydrogen-bond donors (Lipinski definition) is 1. The number of rotatable bonds is 9. The number of benzene rings is 2. The molecule has 1 saturated heterocycles. The number of nitrogens with zero attached hydrogens (tertiary/aromatic N) is 2. The van der Waals surface area contributed by atoms with Gasteiger partial charge in [0.05, 0.1) is 20.8 Å². The normalized spacial score (nSPS) is 15.0. The summed E-state index contributed by atoms with van der Waals surface area (Å²) in [6, 6.07) is 15.8. The van der Waals surface area contributed by atoms with Gasteiger partial charge in [-0.1, -0.05) is 30.3 Å². The summed E-state index contributed by atoms with van der Waals surface area (Å²) < 4.78 is 10.8. The second-order valence-electron chi connectivity index (χ2n) is 7.70. The molecule has 6 heteroatoms. The molecule has 1 aliphatic rings. The van der Waals surface area contributed by atoms with Crippen LogP contribution in [0.5, 0.6) is 11.5 Å². The Morgan fingerprint density at radius 3 is 2.47 bits per heavy atom. The highest BCUT2D eigenvalue weighted by Gasteiger charge is 2.29. The van der Waals surface area contributed by atoms with Crippen LogP contribution in [0.25, 0.3) is 0 Å². The third-order valence-electron chi connectivity index (χ3n) is 5.72. The van der Waals surface area contributed by atoms with Crippen molar-refractivity contribution in [3.63, 3.8) is 0 Å². The van der Waals surface area contributed by atoms with E-state index in [0.717, 1.165) is 55.1 Å². The van der Waals surface area contributed by atoms with Crippen LogP contribution in [0.2, 0.25) is 0 Å². The molecule has 0 saturated carbocycles. The van der Waals surface area contributed by atoms with Crippen molar-refractivity contribution in [2.75, 3.05) is 40.5 Å². The highest BCUT2D eigenvalue weighted by atomic mass is 16.5. The number of likely N-dealkylation sites (tertiary alicyclic amines) is 1. The Balaban J connectivity index is 1.58. The van der Waals surface area contributed by atoms with E-state index in [-0.39, 0.29) is 18.4 Å². The van der Waals surface area contributed by atoms with Gasteiger partial charge in [0.15, 0.2) is 0 Å². The molecule has 1 heterocycles. The van der Waals surface area contributed by atoms with Crippen molar-refractivity contribution in [2.45, 2.75) is 25.9 Å². The van der Waals surface area contributed by atoms with Crippen LogP contribution in [0.1, 0.15) is 24.0 Å². The maximum atomic E-state index is 13.1. The monoisotopic (exact) mass is 412 g/mol. The van der Waals surface area contributed by atoms with Crippen molar-refractivity contribution < 1.29 is 19.4 Å². The van der Waals surface area contributed by atoms with Crippen molar-refractivity contribution in [1.29, 1.82) is 0 Å². The van der Waals surface area contributed by atoms with Gasteiger partial charge in [-0.25, -0.2) is 0 Å². The van der Waals surface area contributed by atoms with E-state index in [0.29, 0.717) is 13.1 Å². The molecule has 1 N–H and O–H groups in total. The lowest BCUT2D eigenvalue weighted by atomic mass is 9.94. The van der Waals surface area contributed by atoms with Gasteiger partial charge in [0, 0.05) is 31.1 Å². The Labute approximate surface area is 179 Å². The topological polar surface area (TPSA) is 62.2 Å². The molecule has 1 amide bonds. The van der Waals surface area contributed by atoms with E-state index in [1.165, 1.54) is 0 Å². The second kappa shape index (κ2) is 11.0. The summed E-state index contributed by atoms with van der Waals surface area (Å²) in [6.45, 7) is 3.37. The number of aliphatic hydroxyl groups excluding tert-OH is 1. The standard InChI is InChI=1S/C24H32N2O4/c1-29-22-8-9-23(30-2)21(16-22)18-25-12-10-20(11-13-25)24(28)26(14-15-27)17-19-6-4-3-5-7-19/h3-9,16,20,27H,10-15,17-18H2,1-2H3. The number of aliphatic hydroxyl groups is 1. The Morgan fingerprint density at radius 2 is 1.83 bits per heavy atom. The minimum Gasteiger partial charge on any atom is -0.497 e. The predicted molar refractivity (Wildman–Crippen MR) is 116 cm³/mol. The number of ether oxygens (including phenoxy) is 2. The number of piperidine rings is 1. The second-order valence-corrected chi connectivity index (χ2v) is 7.70. The molecule has 0 aliphatic carbocycles. The van der Waals surface area contributed by atoms with Crippen LogP contribution in [0.15, 0.2) is 48.5 Å². The first kappa shape index (κ1) is 22.1. The number of amides is 1. The summed E-state index contributed by atoms with van der Waals surface area (Å²) in [5.74, 6) is 1.82. The molecular weight excluding hydrogens is 380 g/mol. The van der Waals surface area contributed by atoms with E-state index in [1.54, 1.807) is 19.1 Å². The lowest BCUT2D eigenvalue weighted by molar-refractivity contribution is -0.138. The average molecular weight is 413 g/mol. The van der Waals surface area contributed by atoms with E-state index in [4.69, 9.17) is 9.47 Å². The van der Waals surface area contributed by atoms with E-state index in [2.05, 4.69) is 4.90 Å². The largest absolute Gasteiger partial charge is 0.497 e. The van der Waals surface area contributed by atoms with Gasteiger partial charge in [0.1, 0.15) is 11.5 Å². The molecule has 0 aromatic heterocycles. The molecule has 0 bridgehead atoms. The molecular formula is C24H32N2O4. The number of methoxy groups -OCH3 is 2. The van der Waals surface area contributed by atoms with Gasteiger partial charge >= 0.3 is 0 Å². The number of hydrogen-bond acceptors (Lipinski definition) is 5. The lowest BCUT2D eigenvalue weighted by Crippen LogP contribution is -2.43. The molecule has 30 heavy (non-hydrogen) atoms. The molecule has 2 aromatic rings. The number of carbonyl (C=O) groups is 1. The van der Waals surface area contributed by atoms with Crippen molar-refractivity contribution >= 4 is 5.91 Å². The van der Waals surface area contributed by atoms with Gasteiger partial charge < -0.3 is 19.5 Å². The molecule has 0 spiro atoms. The van der Waals surface area contributed by atoms with Crippen molar-refractivity contribution in [3.8, 4) is 11.5 Å². The number of carbonyl (C=O) groups excluding carboxylic acids is 1. The van der Waals surface area contributed by atoms with Crippen LogP contribution in [0.4, 0.5) is 0 Å². The molecule has 3 rings (SSSR count). The van der Waals surface area contributed by atoms with Crippen LogP contribution in [-0.4, -0.2) is 61.3 Å². The third kappa shape index (κ3) is 5.74. The van der Waals surface area contributed by atoms with Crippen LogP contribution < -0.4 is 9.47 Å². The van der Waals surface area contributed by atoms with Gasteiger partial charge in [0.25, 0.3) is 0 Å². The highest BCUT2D eigenvalue weighted by Crippen LogP contribution is 2.28. The van der Waals surface area contributed by atoms with E-state index < -0.39 is 0 Å². The average Bonchev–Trinajstić information content (AvgIpc) is 2.79. The zero-order valence-corrected chi connectivity index (χ0v) is 17.9. The van der Waals surface area contributed by atoms with Crippen LogP contribution in [0, 0.1) is 5.92 Å². The van der Waals surface area contributed by atoms with Crippen LogP contribution in [-0.2, 0) is 17.9 Å². The predicted octanol–water partition coefficient (Wildman–Crippen LogP) is 2.94. The maximum Gasteiger partial charge on any atom is 0.226 e. The Morgan fingerprint density at radius 1 is 1.10 bits per heavy atom. The van der Waals surface area contributed by atoms with E-state index in [1.807, 2.05) is 48.5 Å². The van der Waals surface area contributed by atoms with Crippen LogP contribution >= 0.6 is 0 Å². The molecule has 1 aliphatic heterocycles. The summed E-state index contributed by atoms with van der Waals surface area (Å²) >= 11 is 0. The SMILES string of the molecule is COc1ccc(OC)c(CN2CCC(C(=O)N(CCO)Cc3ccccc3)CC2)c1. The lowest BCUT2D eigenvalue weighted by Gasteiger charge is -2.34. The summed E-state index contributed by atoms with van der Waals surface area (Å²) in [4.78, 5) is 17.2. The minimum atomic E-state index is -0.0208. The molecule has 0 atom stereocenters. The van der Waals surface area contributed by atoms with Gasteiger partial charge in [-0.3, -0.25) is 9.69 Å². The Bertz CT molecular complexity index is 804. The summed E-state index contributed by atoms with van der Waals surface area (Å²) in [6.07, 6.45) is 1.64. The molecule has 0 unspecified atom stereocenters. The third-order valence-corrected chi connectivity index (χ3v) is 5.72. The molecule has 0 radical (unpaired) electrons. The first-order chi connectivity index (χ1) is 14.6. The first-order valence-electron chi connectivity index (χ1n) is 10.5. The molecule has 1 fully saturated rings. The fraction of sp³-hybridized carbons (Fsp3) is 0.458. The van der Waals surface area contributed by atoms with Gasteiger partial charge in [0.2, 0.25) is 5.91 Å². The Kier molecular flexibility index (Phi) is 8.11. The van der Waals surface area contributed by atoms with Gasteiger partial charge in [-0.15, -0.1) is 0 Å². The molecule has 2 aromatic carbocycles. The zero-order valence-electron chi connectivity index (χ0n) is 17.9. The zero-order chi connectivity index (χ0) is 21.3. The summed E-state index contributed by atoms with van der Waals surface area (Å²) in [5, 5.41) is 9.44. The minimum absolute atomic E-state index is 0.00344. The van der Waals surface area contributed by atoms with E-state index >= 15 is 0 Å². The van der Waals surface area contributed by atoms with Gasteiger partial charge in [-0.2, -0.15) is 0 Å². The fourth-order valence-electron chi connectivity index (χ4n) is 4.03. The van der Waals surface area contributed by atoms with Crippen molar-refractivity contribution in [1.82, 2.24) is 9.80 Å². The van der Waals surface area contributed by atoms with Crippen molar-refractivity contribution in [2.24, 2.45) is 5.92 Å². The quantitative estimate of drug-likeness (QED) is 0.686. The molecule has 6 nitrogen and oxygen atoms in total. The highest BCUT2D eigenvalue weighted by molar-refractivity contribution is 5.79. The van der Waals surface area contributed by atoms with E-state index in [9.17, 15) is 9.90 Å². The van der Waals surface area contributed by atoms with Gasteiger partial charge in [-0.05, 0) is 49.7 Å². The summed E-state index contributed by atoms with van der Waals surface area (Å²) in [5.41, 5.74) is 2.18. The van der Waals surface area contributed by atoms with Crippen molar-refractivity contribution in [3.05, 3.63) is 59.7 Å². The fourth-order valence-corrected chi connectivity index (χ4v) is 4.03.